The van der Waals surface area contributed by atoms with Gasteiger partial charge in [0.05, 0.1) is 0 Å². The van der Waals surface area contributed by atoms with Crippen molar-refractivity contribution in [2.24, 2.45) is 0 Å². The van der Waals surface area contributed by atoms with Gasteiger partial charge in [0.1, 0.15) is 0 Å². The zero-order valence-corrected chi connectivity index (χ0v) is 14.8. The summed E-state index contributed by atoms with van der Waals surface area (Å²) in [6.07, 6.45) is 0. The maximum atomic E-state index is 5.86. The third-order valence-corrected chi connectivity index (χ3v) is 11.2. The van der Waals surface area contributed by atoms with Crippen molar-refractivity contribution in [3.63, 3.8) is 0 Å². The average Bonchev–Trinajstić information content (AvgIpc) is 2.31. The quantitative estimate of drug-likeness (QED) is 0.505. The fraction of sp³-hybridized carbons (Fsp3) is 1.00. The molecular weight excluding hydrogens is 319 g/mol. The average molecular weight is 349 g/mol. The van der Waals surface area contributed by atoms with E-state index in [0.717, 1.165) is 0 Å². The van der Waals surface area contributed by atoms with Crippen LogP contribution in [0.25, 0.3) is 0 Å². The van der Waals surface area contributed by atoms with Gasteiger partial charge in [-0.1, -0.05) is 0 Å². The molecule has 0 aromatic rings. The summed E-state index contributed by atoms with van der Waals surface area (Å²) in [5.74, 6) is 0. The molecule has 0 saturated carbocycles. The van der Waals surface area contributed by atoms with Crippen molar-refractivity contribution in [2.75, 3.05) is 39.6 Å². The Bertz CT molecular complexity index is 189. The molecule has 19 heavy (non-hydrogen) atoms. The summed E-state index contributed by atoms with van der Waals surface area (Å²) in [4.78, 5) is 0. The van der Waals surface area contributed by atoms with Gasteiger partial charge in [0.15, 0.2) is 0 Å². The first-order valence-corrected chi connectivity index (χ1v) is 11.2. The molecule has 6 nitrogen and oxygen atoms in total. The Morgan fingerprint density at radius 1 is 0.421 bits per heavy atom. The summed E-state index contributed by atoms with van der Waals surface area (Å²) in [5, 5.41) is 0. The van der Waals surface area contributed by atoms with E-state index < -0.39 is 12.7 Å². The Balaban J connectivity index is 6.00. The molecule has 0 fully saturated rings. The van der Waals surface area contributed by atoms with E-state index in [4.69, 9.17) is 22.9 Å². The van der Waals surface area contributed by atoms with Gasteiger partial charge in [0.25, 0.3) is 0 Å². The van der Waals surface area contributed by atoms with Crippen LogP contribution in [0.5, 0.6) is 0 Å². The fourth-order valence-corrected chi connectivity index (χ4v) is 10.2. The monoisotopic (exact) mass is 350 g/mol. The minimum atomic E-state index is -5.52. The molecular formula is C12H30O6Se. The van der Waals surface area contributed by atoms with Crippen LogP contribution in [0, 0.1) is 0 Å². The molecule has 0 aromatic carbocycles. The summed E-state index contributed by atoms with van der Waals surface area (Å²) in [6.45, 7) is 12.8. The molecule has 0 aliphatic carbocycles. The first kappa shape index (κ1) is 19.3. The Labute approximate surface area is 117 Å². The van der Waals surface area contributed by atoms with Gasteiger partial charge >= 0.3 is 117 Å². The molecule has 0 amide bonds. The molecule has 0 saturated heterocycles. The van der Waals surface area contributed by atoms with Crippen molar-refractivity contribution >= 4 is 12.7 Å². The molecule has 0 atom stereocenters. The molecule has 0 aromatic heterocycles. The van der Waals surface area contributed by atoms with Gasteiger partial charge in [-0.05, 0) is 0 Å². The summed E-state index contributed by atoms with van der Waals surface area (Å²) >= 11 is -5.52. The van der Waals surface area contributed by atoms with Crippen LogP contribution >= 0.6 is 0 Å². The first-order chi connectivity index (χ1) is 8.97. The molecule has 7 heteroatoms. The van der Waals surface area contributed by atoms with Crippen molar-refractivity contribution in [3.8, 4) is 0 Å². The third kappa shape index (κ3) is 3.68. The SMILES string of the molecule is CCO[Se](OCC)(OCC)(OCC)(OCC)OCC. The van der Waals surface area contributed by atoms with E-state index in [1.54, 1.807) is 0 Å². The van der Waals surface area contributed by atoms with Crippen LogP contribution in [0.3, 0.4) is 0 Å². The van der Waals surface area contributed by atoms with E-state index in [0.29, 0.717) is 39.6 Å². The molecule has 0 aliphatic heterocycles. The topological polar surface area (TPSA) is 55.4 Å². The number of hydrogen-bond donors (Lipinski definition) is 0. The van der Waals surface area contributed by atoms with Gasteiger partial charge in [-0.3, -0.25) is 0 Å². The van der Waals surface area contributed by atoms with Gasteiger partial charge in [-0.2, -0.15) is 0 Å². The molecule has 0 bridgehead atoms. The second-order valence-corrected chi connectivity index (χ2v) is 10.7. The Kier molecular flexibility index (Phi) is 7.44. The maximum absolute atomic E-state index is 5.86. The predicted octanol–water partition coefficient (Wildman–Crippen LogP) is 2.54. The minimum absolute atomic E-state index is 0.301. The van der Waals surface area contributed by atoms with Gasteiger partial charge in [-0.25, -0.2) is 0 Å². The predicted molar refractivity (Wildman–Crippen MR) is 75.5 cm³/mol. The van der Waals surface area contributed by atoms with E-state index in [1.165, 1.54) is 0 Å². The molecule has 0 heterocycles. The summed E-state index contributed by atoms with van der Waals surface area (Å²) < 4.78 is 35.2. The molecule has 0 radical (unpaired) electrons. The Morgan fingerprint density at radius 3 is 0.684 bits per heavy atom. The molecule has 0 spiro atoms. The molecule has 0 unspecified atom stereocenters. The summed E-state index contributed by atoms with van der Waals surface area (Å²) in [5.41, 5.74) is 0. The van der Waals surface area contributed by atoms with Crippen LogP contribution in [0.15, 0.2) is 0 Å². The number of rotatable bonds is 12. The molecule has 0 aliphatic rings. The van der Waals surface area contributed by atoms with Crippen LogP contribution in [-0.2, 0) is 22.9 Å². The molecule has 120 valence electrons. The van der Waals surface area contributed by atoms with Crippen molar-refractivity contribution in [3.05, 3.63) is 0 Å². The molecule has 0 rings (SSSR count). The zero-order chi connectivity index (χ0) is 14.9. The van der Waals surface area contributed by atoms with E-state index in [2.05, 4.69) is 0 Å². The Morgan fingerprint density at radius 2 is 0.579 bits per heavy atom. The van der Waals surface area contributed by atoms with Crippen LogP contribution in [-0.4, -0.2) is 52.4 Å². The standard InChI is InChI=1S/C12H30O6Se/c1-7-13-19(14-8-2,15-9-3,16-10-4,17-11-5)18-12-6/h7-12H2,1-6H3. The van der Waals surface area contributed by atoms with Gasteiger partial charge in [0.2, 0.25) is 0 Å². The summed E-state index contributed by atoms with van der Waals surface area (Å²) in [7, 11) is 0. The van der Waals surface area contributed by atoms with E-state index in [1.807, 2.05) is 41.5 Å². The van der Waals surface area contributed by atoms with E-state index in [9.17, 15) is 0 Å². The number of hydrogen-bond acceptors (Lipinski definition) is 6. The van der Waals surface area contributed by atoms with E-state index in [-0.39, 0.29) is 0 Å². The van der Waals surface area contributed by atoms with Crippen LogP contribution in [0.1, 0.15) is 41.5 Å². The van der Waals surface area contributed by atoms with Crippen LogP contribution in [0.2, 0.25) is 0 Å². The summed E-state index contributed by atoms with van der Waals surface area (Å²) in [6, 6.07) is 0. The fourth-order valence-electron chi connectivity index (χ4n) is 1.95. The van der Waals surface area contributed by atoms with E-state index >= 15 is 0 Å². The van der Waals surface area contributed by atoms with Gasteiger partial charge < -0.3 is 0 Å². The van der Waals surface area contributed by atoms with Gasteiger partial charge in [-0.15, -0.1) is 0 Å². The van der Waals surface area contributed by atoms with Crippen molar-refractivity contribution in [2.45, 2.75) is 41.5 Å². The van der Waals surface area contributed by atoms with Crippen LogP contribution < -0.4 is 0 Å². The first-order valence-electron chi connectivity index (χ1n) is 6.97. The third-order valence-electron chi connectivity index (χ3n) is 2.15. The van der Waals surface area contributed by atoms with Gasteiger partial charge in [0, 0.05) is 0 Å². The second kappa shape index (κ2) is 7.33. The van der Waals surface area contributed by atoms with Crippen molar-refractivity contribution in [1.82, 2.24) is 0 Å². The second-order valence-electron chi connectivity index (χ2n) is 3.46. The van der Waals surface area contributed by atoms with Crippen molar-refractivity contribution in [1.29, 1.82) is 0 Å². The zero-order valence-electron chi connectivity index (χ0n) is 13.1. The van der Waals surface area contributed by atoms with Crippen LogP contribution in [0.4, 0.5) is 0 Å². The van der Waals surface area contributed by atoms with Crippen molar-refractivity contribution < 1.29 is 22.9 Å². The molecule has 0 N–H and O–H groups in total. The Hall–Kier alpha value is 0.279. The normalized spacial score (nSPS) is 16.1.